The number of methoxy groups -OCH3 is 1. The SMILES string of the molecule is COC1CC(C(=O)O)N(C(=O)C(C)(N)c2ccccc2)C1. The normalized spacial score (nSPS) is 24.6. The van der Waals surface area contributed by atoms with Gasteiger partial charge < -0.3 is 20.5 Å². The lowest BCUT2D eigenvalue weighted by Gasteiger charge is -2.31. The predicted octanol–water partition coefficient (Wildman–Crippen LogP) is 0.561. The maximum absolute atomic E-state index is 12.7. The van der Waals surface area contributed by atoms with Crippen LogP contribution in [0.15, 0.2) is 30.3 Å². The van der Waals surface area contributed by atoms with E-state index in [1.54, 1.807) is 31.2 Å². The Balaban J connectivity index is 2.27. The van der Waals surface area contributed by atoms with Gasteiger partial charge in [-0.25, -0.2) is 4.79 Å². The van der Waals surface area contributed by atoms with Gasteiger partial charge in [-0.15, -0.1) is 0 Å². The lowest BCUT2D eigenvalue weighted by atomic mass is 9.91. The van der Waals surface area contributed by atoms with Crippen LogP contribution < -0.4 is 5.73 Å². The molecule has 0 radical (unpaired) electrons. The van der Waals surface area contributed by atoms with Crippen LogP contribution in [0, 0.1) is 0 Å². The first-order chi connectivity index (χ1) is 9.87. The van der Waals surface area contributed by atoms with E-state index in [4.69, 9.17) is 10.5 Å². The van der Waals surface area contributed by atoms with Crippen LogP contribution in [0.3, 0.4) is 0 Å². The zero-order valence-electron chi connectivity index (χ0n) is 12.2. The fourth-order valence-electron chi connectivity index (χ4n) is 2.63. The first-order valence-electron chi connectivity index (χ1n) is 6.79. The Kier molecular flexibility index (Phi) is 4.29. The number of carboxylic acid groups (broad SMARTS) is 1. The van der Waals surface area contributed by atoms with E-state index in [1.165, 1.54) is 12.0 Å². The molecule has 1 aliphatic rings. The van der Waals surface area contributed by atoms with E-state index in [0.717, 1.165) is 0 Å². The standard InChI is InChI=1S/C15H20N2O4/c1-15(16,10-6-4-3-5-7-10)14(20)17-9-11(21-2)8-12(17)13(18)19/h3-7,11-12H,8-9,16H2,1-2H3,(H,18,19). The van der Waals surface area contributed by atoms with Gasteiger partial charge in [0.05, 0.1) is 6.10 Å². The van der Waals surface area contributed by atoms with Crippen molar-refractivity contribution in [2.75, 3.05) is 13.7 Å². The van der Waals surface area contributed by atoms with Gasteiger partial charge in [0.1, 0.15) is 11.6 Å². The molecule has 1 aliphatic heterocycles. The average Bonchev–Trinajstić information content (AvgIpc) is 2.91. The Morgan fingerprint density at radius 1 is 1.38 bits per heavy atom. The van der Waals surface area contributed by atoms with Crippen LogP contribution in [0.4, 0.5) is 0 Å². The van der Waals surface area contributed by atoms with Crippen molar-refractivity contribution in [3.8, 4) is 0 Å². The molecule has 1 heterocycles. The van der Waals surface area contributed by atoms with Gasteiger partial charge in [0.15, 0.2) is 0 Å². The Bertz CT molecular complexity index is 530. The van der Waals surface area contributed by atoms with Crippen LogP contribution in [-0.4, -0.2) is 47.7 Å². The maximum atomic E-state index is 12.7. The van der Waals surface area contributed by atoms with Crippen molar-refractivity contribution in [1.29, 1.82) is 0 Å². The number of ether oxygens (including phenoxy) is 1. The van der Waals surface area contributed by atoms with E-state index < -0.39 is 23.5 Å². The van der Waals surface area contributed by atoms with Gasteiger partial charge in [0, 0.05) is 20.1 Å². The van der Waals surface area contributed by atoms with Gasteiger partial charge in [-0.05, 0) is 12.5 Å². The molecule has 0 saturated carbocycles. The van der Waals surface area contributed by atoms with E-state index in [-0.39, 0.29) is 19.1 Å². The summed E-state index contributed by atoms with van der Waals surface area (Å²) in [6, 6.07) is 8.05. The molecule has 1 fully saturated rings. The van der Waals surface area contributed by atoms with E-state index in [9.17, 15) is 14.7 Å². The third-order valence-corrected chi connectivity index (χ3v) is 3.96. The number of carbonyl (C=O) groups excluding carboxylic acids is 1. The summed E-state index contributed by atoms with van der Waals surface area (Å²) in [6.45, 7) is 1.84. The third kappa shape index (κ3) is 2.91. The van der Waals surface area contributed by atoms with E-state index in [0.29, 0.717) is 5.56 Å². The van der Waals surface area contributed by atoms with Crippen LogP contribution in [-0.2, 0) is 19.9 Å². The molecule has 0 spiro atoms. The van der Waals surface area contributed by atoms with Gasteiger partial charge >= 0.3 is 5.97 Å². The van der Waals surface area contributed by atoms with Crippen molar-refractivity contribution in [2.24, 2.45) is 5.73 Å². The fraction of sp³-hybridized carbons (Fsp3) is 0.467. The van der Waals surface area contributed by atoms with Crippen LogP contribution in [0.5, 0.6) is 0 Å². The van der Waals surface area contributed by atoms with Crippen molar-refractivity contribution in [2.45, 2.75) is 31.0 Å². The van der Waals surface area contributed by atoms with Crippen LogP contribution >= 0.6 is 0 Å². The smallest absolute Gasteiger partial charge is 0.326 e. The summed E-state index contributed by atoms with van der Waals surface area (Å²) < 4.78 is 5.19. The van der Waals surface area contributed by atoms with Crippen LogP contribution in [0.1, 0.15) is 18.9 Å². The third-order valence-electron chi connectivity index (χ3n) is 3.96. The molecular formula is C15H20N2O4. The number of hydrogen-bond acceptors (Lipinski definition) is 4. The molecule has 3 N–H and O–H groups in total. The molecule has 1 amide bonds. The number of rotatable bonds is 4. The maximum Gasteiger partial charge on any atom is 0.326 e. The molecule has 2 rings (SSSR count). The van der Waals surface area contributed by atoms with Crippen LogP contribution in [0.25, 0.3) is 0 Å². The number of hydrogen-bond donors (Lipinski definition) is 2. The summed E-state index contributed by atoms with van der Waals surface area (Å²) in [5, 5.41) is 9.29. The van der Waals surface area contributed by atoms with Crippen molar-refractivity contribution < 1.29 is 19.4 Å². The number of carboxylic acids is 1. The summed E-state index contributed by atoms with van der Waals surface area (Å²) in [4.78, 5) is 25.4. The zero-order valence-corrected chi connectivity index (χ0v) is 12.2. The number of carbonyl (C=O) groups is 2. The number of nitrogens with two attached hydrogens (primary N) is 1. The molecule has 1 saturated heterocycles. The molecule has 6 heteroatoms. The van der Waals surface area contributed by atoms with Gasteiger partial charge in [0.25, 0.3) is 0 Å². The molecular weight excluding hydrogens is 272 g/mol. The van der Waals surface area contributed by atoms with Gasteiger partial charge in [-0.3, -0.25) is 4.79 Å². The molecule has 21 heavy (non-hydrogen) atoms. The summed E-state index contributed by atoms with van der Waals surface area (Å²) in [5.74, 6) is -1.44. The van der Waals surface area contributed by atoms with Gasteiger partial charge in [-0.2, -0.15) is 0 Å². The molecule has 3 unspecified atom stereocenters. The second-order valence-electron chi connectivity index (χ2n) is 5.47. The first-order valence-corrected chi connectivity index (χ1v) is 6.79. The number of benzene rings is 1. The quantitative estimate of drug-likeness (QED) is 0.846. The topological polar surface area (TPSA) is 92.9 Å². The second kappa shape index (κ2) is 5.83. The number of nitrogens with zero attached hydrogens (tertiary/aromatic N) is 1. The minimum Gasteiger partial charge on any atom is -0.480 e. The van der Waals surface area contributed by atoms with Crippen LogP contribution in [0.2, 0.25) is 0 Å². The summed E-state index contributed by atoms with van der Waals surface area (Å²) in [7, 11) is 1.51. The number of likely N-dealkylation sites (tertiary alicyclic amines) is 1. The predicted molar refractivity (Wildman–Crippen MR) is 76.5 cm³/mol. The summed E-state index contributed by atoms with van der Waals surface area (Å²) >= 11 is 0. The highest BCUT2D eigenvalue weighted by atomic mass is 16.5. The van der Waals surface area contributed by atoms with Crippen molar-refractivity contribution in [1.82, 2.24) is 4.90 Å². The minimum absolute atomic E-state index is 0.242. The monoisotopic (exact) mass is 292 g/mol. The molecule has 0 bridgehead atoms. The largest absolute Gasteiger partial charge is 0.480 e. The van der Waals surface area contributed by atoms with Gasteiger partial charge in [-0.1, -0.05) is 30.3 Å². The number of amides is 1. The summed E-state index contributed by atoms with van der Waals surface area (Å²) in [5.41, 5.74) is 5.57. The Hall–Kier alpha value is -1.92. The highest BCUT2D eigenvalue weighted by Crippen LogP contribution is 2.27. The molecule has 114 valence electrons. The van der Waals surface area contributed by atoms with Gasteiger partial charge in [0.2, 0.25) is 5.91 Å². The molecule has 1 aromatic carbocycles. The average molecular weight is 292 g/mol. The first kappa shape index (κ1) is 15.5. The van der Waals surface area contributed by atoms with Crippen molar-refractivity contribution >= 4 is 11.9 Å². The van der Waals surface area contributed by atoms with E-state index in [1.807, 2.05) is 6.07 Å². The molecule has 0 aromatic heterocycles. The second-order valence-corrected chi connectivity index (χ2v) is 5.47. The minimum atomic E-state index is -1.27. The van der Waals surface area contributed by atoms with E-state index in [2.05, 4.69) is 0 Å². The highest BCUT2D eigenvalue weighted by Gasteiger charge is 2.45. The molecule has 6 nitrogen and oxygen atoms in total. The lowest BCUT2D eigenvalue weighted by molar-refractivity contribution is -0.150. The Morgan fingerprint density at radius 3 is 2.52 bits per heavy atom. The number of aliphatic carboxylic acids is 1. The molecule has 1 aromatic rings. The molecule has 3 atom stereocenters. The Morgan fingerprint density at radius 2 is 2.00 bits per heavy atom. The zero-order chi connectivity index (χ0) is 15.6. The summed E-state index contributed by atoms with van der Waals surface area (Å²) in [6.07, 6.45) is 0.00393. The lowest BCUT2D eigenvalue weighted by Crippen LogP contribution is -2.54. The van der Waals surface area contributed by atoms with Crippen molar-refractivity contribution in [3.05, 3.63) is 35.9 Å². The highest BCUT2D eigenvalue weighted by molar-refractivity contribution is 5.91. The van der Waals surface area contributed by atoms with E-state index >= 15 is 0 Å². The molecule has 0 aliphatic carbocycles. The Labute approximate surface area is 123 Å². The van der Waals surface area contributed by atoms with Crippen molar-refractivity contribution in [3.63, 3.8) is 0 Å². The fourth-order valence-corrected chi connectivity index (χ4v) is 2.63.